The van der Waals surface area contributed by atoms with Crippen LogP contribution in [0.2, 0.25) is 5.02 Å². The van der Waals surface area contributed by atoms with Gasteiger partial charge in [-0.3, -0.25) is 9.59 Å². The first-order valence-corrected chi connectivity index (χ1v) is 10.3. The molecule has 1 N–H and O–H groups in total. The third-order valence-corrected chi connectivity index (χ3v) is 4.87. The highest BCUT2D eigenvalue weighted by molar-refractivity contribution is 6.31. The van der Waals surface area contributed by atoms with E-state index < -0.39 is 24.0 Å². The second-order valence-corrected chi connectivity index (χ2v) is 7.18. The van der Waals surface area contributed by atoms with E-state index >= 15 is 0 Å². The molecule has 166 valence electrons. The van der Waals surface area contributed by atoms with Gasteiger partial charge < -0.3 is 14.8 Å². The van der Waals surface area contributed by atoms with Gasteiger partial charge in [0.2, 0.25) is 5.69 Å². The zero-order chi connectivity index (χ0) is 23.1. The number of ether oxygens (including phenoxy) is 2. The Morgan fingerprint density at radius 1 is 1.12 bits per heavy atom. The van der Waals surface area contributed by atoms with Gasteiger partial charge in [0.1, 0.15) is 0 Å². The third-order valence-electron chi connectivity index (χ3n) is 4.50. The minimum Gasteiger partial charge on any atom is -0.481 e. The fraction of sp³-hybridized carbons (Fsp3) is 0.217. The molecular formula is C23H22ClN3O5. The summed E-state index contributed by atoms with van der Waals surface area (Å²) in [5.41, 5.74) is 1.35. The van der Waals surface area contributed by atoms with E-state index in [1.807, 2.05) is 25.1 Å². The first-order valence-electron chi connectivity index (χ1n) is 9.91. The Balaban J connectivity index is 1.80. The molecule has 0 aliphatic carbocycles. The summed E-state index contributed by atoms with van der Waals surface area (Å²) in [6, 6.07) is 15.3. The van der Waals surface area contributed by atoms with E-state index in [9.17, 15) is 14.4 Å². The van der Waals surface area contributed by atoms with Crippen molar-refractivity contribution in [2.24, 2.45) is 0 Å². The molecular weight excluding hydrogens is 434 g/mol. The second-order valence-electron chi connectivity index (χ2n) is 6.77. The van der Waals surface area contributed by atoms with Gasteiger partial charge in [-0.2, -0.15) is 9.78 Å². The SMILES string of the molecule is CCOC(=O)c1nn(-c2ccccc2C)c(=O)cc1OCC(=O)NCc1ccccc1Cl. The predicted molar refractivity (Wildman–Crippen MR) is 119 cm³/mol. The van der Waals surface area contributed by atoms with Crippen LogP contribution < -0.4 is 15.6 Å². The molecule has 0 aliphatic rings. The summed E-state index contributed by atoms with van der Waals surface area (Å²) in [4.78, 5) is 37.3. The van der Waals surface area contributed by atoms with E-state index in [0.29, 0.717) is 10.7 Å². The van der Waals surface area contributed by atoms with Crippen LogP contribution in [0, 0.1) is 6.92 Å². The smallest absolute Gasteiger partial charge is 0.362 e. The first kappa shape index (κ1) is 23.0. The number of aryl methyl sites for hydroxylation is 1. The summed E-state index contributed by atoms with van der Waals surface area (Å²) in [5.74, 6) is -1.35. The third kappa shape index (κ3) is 5.53. The van der Waals surface area contributed by atoms with Gasteiger partial charge in [0.25, 0.3) is 11.5 Å². The molecule has 1 heterocycles. The Hall–Kier alpha value is -3.65. The van der Waals surface area contributed by atoms with E-state index in [-0.39, 0.29) is 24.6 Å². The van der Waals surface area contributed by atoms with E-state index in [2.05, 4.69) is 10.4 Å². The zero-order valence-electron chi connectivity index (χ0n) is 17.6. The summed E-state index contributed by atoms with van der Waals surface area (Å²) in [6.45, 7) is 3.37. The topological polar surface area (TPSA) is 99.5 Å². The molecule has 0 radical (unpaired) electrons. The van der Waals surface area contributed by atoms with Crippen molar-refractivity contribution in [3.63, 3.8) is 0 Å². The number of para-hydroxylation sites is 1. The number of benzene rings is 2. The van der Waals surface area contributed by atoms with Crippen LogP contribution in [0.1, 0.15) is 28.5 Å². The summed E-state index contributed by atoms with van der Waals surface area (Å²) in [7, 11) is 0. The van der Waals surface area contributed by atoms with E-state index in [4.69, 9.17) is 21.1 Å². The van der Waals surface area contributed by atoms with Crippen LogP contribution in [-0.2, 0) is 16.1 Å². The average Bonchev–Trinajstić information content (AvgIpc) is 2.78. The van der Waals surface area contributed by atoms with Crippen LogP contribution in [-0.4, -0.2) is 34.9 Å². The van der Waals surface area contributed by atoms with E-state index in [1.54, 1.807) is 37.3 Å². The van der Waals surface area contributed by atoms with Crippen molar-refractivity contribution in [2.45, 2.75) is 20.4 Å². The lowest BCUT2D eigenvalue weighted by Gasteiger charge is -2.13. The molecule has 0 atom stereocenters. The molecule has 0 spiro atoms. The number of hydrogen-bond donors (Lipinski definition) is 1. The maximum atomic E-state index is 12.7. The minimum atomic E-state index is -0.763. The van der Waals surface area contributed by atoms with Crippen LogP contribution in [0.4, 0.5) is 0 Å². The highest BCUT2D eigenvalue weighted by Gasteiger charge is 2.21. The van der Waals surface area contributed by atoms with Crippen molar-refractivity contribution in [3.8, 4) is 11.4 Å². The molecule has 0 fully saturated rings. The Bertz CT molecular complexity index is 1190. The number of nitrogens with one attached hydrogen (secondary N) is 1. The van der Waals surface area contributed by atoms with Gasteiger partial charge in [0.05, 0.1) is 18.4 Å². The van der Waals surface area contributed by atoms with E-state index in [0.717, 1.165) is 21.9 Å². The molecule has 32 heavy (non-hydrogen) atoms. The number of carbonyl (C=O) groups is 2. The first-order chi connectivity index (χ1) is 15.4. The highest BCUT2D eigenvalue weighted by atomic mass is 35.5. The Labute approximate surface area is 189 Å². The number of halogens is 1. The van der Waals surface area contributed by atoms with Gasteiger partial charge in [0, 0.05) is 11.6 Å². The van der Waals surface area contributed by atoms with Gasteiger partial charge in [0.15, 0.2) is 12.4 Å². The molecule has 2 aromatic carbocycles. The van der Waals surface area contributed by atoms with Crippen molar-refractivity contribution >= 4 is 23.5 Å². The quantitative estimate of drug-likeness (QED) is 0.524. The second kappa shape index (κ2) is 10.6. The van der Waals surface area contributed by atoms with Gasteiger partial charge in [-0.05, 0) is 37.1 Å². The summed E-state index contributed by atoms with van der Waals surface area (Å²) in [6.07, 6.45) is 0. The molecule has 9 heteroatoms. The number of hydrogen-bond acceptors (Lipinski definition) is 6. The van der Waals surface area contributed by atoms with Gasteiger partial charge in [-0.25, -0.2) is 4.79 Å². The predicted octanol–water partition coefficient (Wildman–Crippen LogP) is 3.07. The van der Waals surface area contributed by atoms with Crippen LogP contribution in [0.15, 0.2) is 59.4 Å². The number of esters is 1. The standard InChI is InChI=1S/C23H22ClN3O5/c1-3-31-23(30)22-19(12-21(29)27(26-22)18-11-7-4-8-15(18)2)32-14-20(28)25-13-16-9-5-6-10-17(16)24/h4-12H,3,13-14H2,1-2H3,(H,25,28). The van der Waals surface area contributed by atoms with Crippen molar-refractivity contribution in [2.75, 3.05) is 13.2 Å². The molecule has 1 amide bonds. The Kier molecular flexibility index (Phi) is 7.62. The molecule has 3 aromatic rings. The lowest BCUT2D eigenvalue weighted by molar-refractivity contribution is -0.123. The molecule has 0 saturated carbocycles. The molecule has 0 saturated heterocycles. The summed E-state index contributed by atoms with van der Waals surface area (Å²) >= 11 is 6.08. The zero-order valence-corrected chi connectivity index (χ0v) is 18.4. The molecule has 1 aromatic heterocycles. The normalized spacial score (nSPS) is 10.5. The van der Waals surface area contributed by atoms with Crippen molar-refractivity contribution in [3.05, 3.63) is 86.8 Å². The Morgan fingerprint density at radius 3 is 2.56 bits per heavy atom. The average molecular weight is 456 g/mol. The Morgan fingerprint density at radius 2 is 1.84 bits per heavy atom. The highest BCUT2D eigenvalue weighted by Crippen LogP contribution is 2.18. The van der Waals surface area contributed by atoms with Gasteiger partial charge >= 0.3 is 5.97 Å². The van der Waals surface area contributed by atoms with Gasteiger partial charge in [-0.1, -0.05) is 48.0 Å². The minimum absolute atomic E-state index is 0.113. The molecule has 0 bridgehead atoms. The van der Waals surface area contributed by atoms with Crippen molar-refractivity contribution < 1.29 is 19.1 Å². The van der Waals surface area contributed by atoms with Crippen molar-refractivity contribution in [1.29, 1.82) is 0 Å². The number of nitrogens with zero attached hydrogens (tertiary/aromatic N) is 2. The number of carbonyl (C=O) groups excluding carboxylic acids is 2. The number of aromatic nitrogens is 2. The van der Waals surface area contributed by atoms with Crippen LogP contribution in [0.5, 0.6) is 5.75 Å². The summed E-state index contributed by atoms with van der Waals surface area (Å²) < 4.78 is 11.6. The van der Waals surface area contributed by atoms with Crippen molar-refractivity contribution in [1.82, 2.24) is 15.1 Å². The summed E-state index contributed by atoms with van der Waals surface area (Å²) in [5, 5.41) is 7.37. The van der Waals surface area contributed by atoms with Crippen LogP contribution in [0.3, 0.4) is 0 Å². The molecule has 8 nitrogen and oxygen atoms in total. The number of amides is 1. The lowest BCUT2D eigenvalue weighted by Crippen LogP contribution is -2.30. The maximum Gasteiger partial charge on any atom is 0.362 e. The monoisotopic (exact) mass is 455 g/mol. The van der Waals surface area contributed by atoms with Crippen LogP contribution >= 0.6 is 11.6 Å². The maximum absolute atomic E-state index is 12.7. The van der Waals surface area contributed by atoms with E-state index in [1.165, 1.54) is 0 Å². The van der Waals surface area contributed by atoms with Crippen LogP contribution in [0.25, 0.3) is 5.69 Å². The molecule has 3 rings (SSSR count). The largest absolute Gasteiger partial charge is 0.481 e. The fourth-order valence-electron chi connectivity index (χ4n) is 2.89. The lowest BCUT2D eigenvalue weighted by atomic mass is 10.2. The molecule has 0 aliphatic heterocycles. The number of rotatable bonds is 8. The molecule has 0 unspecified atom stereocenters. The van der Waals surface area contributed by atoms with Gasteiger partial charge in [-0.15, -0.1) is 0 Å². The fourth-order valence-corrected chi connectivity index (χ4v) is 3.10.